The monoisotopic (exact) mass is 195 g/mol. The van der Waals surface area contributed by atoms with E-state index in [0.29, 0.717) is 0 Å². The zero-order valence-corrected chi connectivity index (χ0v) is 8.01. The van der Waals surface area contributed by atoms with Crippen LogP contribution >= 0.6 is 11.6 Å². The highest BCUT2D eigenvalue weighted by Gasteiger charge is 2.15. The van der Waals surface area contributed by atoms with Crippen LogP contribution in [0.15, 0.2) is 24.4 Å². The smallest absolute Gasteiger partial charge is 0.127 e. The van der Waals surface area contributed by atoms with E-state index in [2.05, 4.69) is 5.32 Å². The Hall–Kier alpha value is -1.15. The van der Waals surface area contributed by atoms with Crippen LogP contribution in [0.2, 0.25) is 0 Å². The molecule has 0 fully saturated rings. The van der Waals surface area contributed by atoms with E-state index in [4.69, 9.17) is 16.3 Å². The number of methoxy groups -OCH3 is 1. The van der Waals surface area contributed by atoms with Gasteiger partial charge in [0, 0.05) is 11.1 Å². The number of alkyl halides is 1. The third kappa shape index (κ3) is 1.38. The van der Waals surface area contributed by atoms with Gasteiger partial charge in [0.05, 0.1) is 7.11 Å². The van der Waals surface area contributed by atoms with Crippen molar-refractivity contribution in [2.75, 3.05) is 7.11 Å². The Balaban J connectivity index is 2.56. The number of fused-ring (bicyclic) bond motifs is 1. The summed E-state index contributed by atoms with van der Waals surface area (Å²) in [4.78, 5) is 0. The minimum absolute atomic E-state index is 0.157. The summed E-state index contributed by atoms with van der Waals surface area (Å²) in [5, 5.41) is 3.02. The minimum atomic E-state index is -0.157. The zero-order valence-electron chi connectivity index (χ0n) is 7.25. The van der Waals surface area contributed by atoms with Crippen molar-refractivity contribution in [3.63, 3.8) is 0 Å². The molecule has 1 aromatic rings. The standard InChI is InChI=1S/C10H10ClNO/c1-13-9-4-2-3-8-7(9)5-6-12-10(8)11/h2-6,10,12H,1H3. The van der Waals surface area contributed by atoms with Crippen LogP contribution in [-0.2, 0) is 0 Å². The number of hydrogen-bond donors (Lipinski definition) is 1. The van der Waals surface area contributed by atoms with Gasteiger partial charge in [-0.05, 0) is 18.3 Å². The van der Waals surface area contributed by atoms with Crippen LogP contribution in [0.25, 0.3) is 6.08 Å². The molecule has 2 nitrogen and oxygen atoms in total. The maximum atomic E-state index is 6.06. The fourth-order valence-corrected chi connectivity index (χ4v) is 1.71. The van der Waals surface area contributed by atoms with Crippen molar-refractivity contribution in [2.24, 2.45) is 0 Å². The summed E-state index contributed by atoms with van der Waals surface area (Å²) in [5.41, 5.74) is 1.96. The Kier molecular flexibility index (Phi) is 2.15. The van der Waals surface area contributed by atoms with E-state index in [1.54, 1.807) is 7.11 Å². The van der Waals surface area contributed by atoms with Gasteiger partial charge in [-0.15, -0.1) is 0 Å². The highest BCUT2D eigenvalue weighted by atomic mass is 35.5. The molecule has 0 spiro atoms. The quantitative estimate of drug-likeness (QED) is 0.549. The Labute approximate surface area is 82.2 Å². The van der Waals surface area contributed by atoms with Crippen LogP contribution in [0.1, 0.15) is 16.6 Å². The first kappa shape index (κ1) is 8.45. The van der Waals surface area contributed by atoms with Crippen molar-refractivity contribution < 1.29 is 4.74 Å². The molecule has 1 N–H and O–H groups in total. The molecule has 0 radical (unpaired) electrons. The van der Waals surface area contributed by atoms with Crippen LogP contribution in [0.3, 0.4) is 0 Å². The van der Waals surface area contributed by atoms with E-state index in [1.807, 2.05) is 30.5 Å². The number of rotatable bonds is 1. The van der Waals surface area contributed by atoms with Crippen LogP contribution in [0.5, 0.6) is 5.75 Å². The lowest BCUT2D eigenvalue weighted by atomic mass is 10.0. The Morgan fingerprint density at radius 3 is 3.08 bits per heavy atom. The molecule has 1 atom stereocenters. The molecule has 2 rings (SSSR count). The van der Waals surface area contributed by atoms with Gasteiger partial charge in [-0.1, -0.05) is 23.7 Å². The van der Waals surface area contributed by atoms with Gasteiger partial charge in [-0.2, -0.15) is 0 Å². The second-order valence-corrected chi connectivity index (χ2v) is 3.26. The molecule has 1 aromatic carbocycles. The summed E-state index contributed by atoms with van der Waals surface area (Å²) in [6.45, 7) is 0. The molecule has 0 bridgehead atoms. The summed E-state index contributed by atoms with van der Waals surface area (Å²) in [6.07, 6.45) is 3.80. The lowest BCUT2D eigenvalue weighted by Crippen LogP contribution is -2.14. The van der Waals surface area contributed by atoms with Crippen molar-refractivity contribution in [3.05, 3.63) is 35.5 Å². The fourth-order valence-electron chi connectivity index (χ4n) is 1.44. The number of nitrogens with one attached hydrogen (secondary N) is 1. The van der Waals surface area contributed by atoms with E-state index in [1.165, 1.54) is 0 Å². The van der Waals surface area contributed by atoms with E-state index in [0.717, 1.165) is 16.9 Å². The first-order valence-corrected chi connectivity index (χ1v) is 4.50. The molecule has 13 heavy (non-hydrogen) atoms. The SMILES string of the molecule is COc1cccc2c1C=CNC2Cl. The molecular formula is C10H10ClNO. The molecule has 1 heterocycles. The highest BCUT2D eigenvalue weighted by molar-refractivity contribution is 6.21. The summed E-state index contributed by atoms with van der Waals surface area (Å²) >= 11 is 6.06. The zero-order chi connectivity index (χ0) is 9.26. The summed E-state index contributed by atoms with van der Waals surface area (Å²) in [5.74, 6) is 0.862. The van der Waals surface area contributed by atoms with Crippen molar-refractivity contribution >= 4 is 17.7 Å². The Bertz CT molecular complexity index is 349. The van der Waals surface area contributed by atoms with E-state index >= 15 is 0 Å². The summed E-state index contributed by atoms with van der Waals surface area (Å²) < 4.78 is 5.22. The average Bonchev–Trinajstić information content (AvgIpc) is 2.18. The molecule has 68 valence electrons. The predicted molar refractivity (Wildman–Crippen MR) is 53.8 cm³/mol. The minimum Gasteiger partial charge on any atom is -0.496 e. The number of halogens is 1. The third-order valence-corrected chi connectivity index (χ3v) is 2.45. The molecule has 0 aliphatic carbocycles. The van der Waals surface area contributed by atoms with Crippen molar-refractivity contribution in [1.29, 1.82) is 0 Å². The summed E-state index contributed by atoms with van der Waals surface area (Å²) in [6, 6.07) is 5.86. The fraction of sp³-hybridized carbons (Fsp3) is 0.200. The highest BCUT2D eigenvalue weighted by Crippen LogP contribution is 2.32. The Morgan fingerprint density at radius 1 is 1.46 bits per heavy atom. The van der Waals surface area contributed by atoms with E-state index < -0.39 is 0 Å². The first-order valence-electron chi connectivity index (χ1n) is 4.06. The average molecular weight is 196 g/mol. The molecule has 3 heteroatoms. The second kappa shape index (κ2) is 3.30. The van der Waals surface area contributed by atoms with Gasteiger partial charge in [0.2, 0.25) is 0 Å². The molecule has 0 aromatic heterocycles. The van der Waals surface area contributed by atoms with Crippen molar-refractivity contribution in [1.82, 2.24) is 5.32 Å². The lowest BCUT2D eigenvalue weighted by molar-refractivity contribution is 0.413. The maximum Gasteiger partial charge on any atom is 0.127 e. The van der Waals surface area contributed by atoms with Crippen molar-refractivity contribution in [2.45, 2.75) is 5.50 Å². The van der Waals surface area contributed by atoms with Gasteiger partial charge in [-0.25, -0.2) is 0 Å². The third-order valence-electron chi connectivity index (χ3n) is 2.09. The lowest BCUT2D eigenvalue weighted by Gasteiger charge is -2.19. The molecule has 1 aliphatic heterocycles. The largest absolute Gasteiger partial charge is 0.496 e. The van der Waals surface area contributed by atoms with E-state index in [-0.39, 0.29) is 5.50 Å². The van der Waals surface area contributed by atoms with E-state index in [9.17, 15) is 0 Å². The number of benzene rings is 1. The predicted octanol–water partition coefficient (Wildman–Crippen LogP) is 2.51. The van der Waals surface area contributed by atoms with Gasteiger partial charge in [0.25, 0.3) is 0 Å². The normalized spacial score (nSPS) is 19.1. The van der Waals surface area contributed by atoms with Gasteiger partial charge in [0.1, 0.15) is 11.3 Å². The van der Waals surface area contributed by atoms with Gasteiger partial charge in [-0.3, -0.25) is 0 Å². The molecule has 1 aliphatic rings. The second-order valence-electron chi connectivity index (χ2n) is 2.83. The number of hydrogen-bond acceptors (Lipinski definition) is 2. The molecule has 0 amide bonds. The van der Waals surface area contributed by atoms with Gasteiger partial charge in [0.15, 0.2) is 0 Å². The summed E-state index contributed by atoms with van der Waals surface area (Å²) in [7, 11) is 1.66. The first-order chi connectivity index (χ1) is 6.33. The molecular weight excluding hydrogens is 186 g/mol. The topological polar surface area (TPSA) is 21.3 Å². The van der Waals surface area contributed by atoms with Crippen LogP contribution in [-0.4, -0.2) is 7.11 Å². The Morgan fingerprint density at radius 2 is 2.31 bits per heavy atom. The van der Waals surface area contributed by atoms with Crippen molar-refractivity contribution in [3.8, 4) is 5.75 Å². The molecule has 1 unspecified atom stereocenters. The maximum absolute atomic E-state index is 6.06. The van der Waals surface area contributed by atoms with Crippen LogP contribution in [0, 0.1) is 0 Å². The molecule has 0 saturated heterocycles. The van der Waals surface area contributed by atoms with Crippen LogP contribution < -0.4 is 10.1 Å². The van der Waals surface area contributed by atoms with Gasteiger partial charge >= 0.3 is 0 Å². The molecule has 0 saturated carbocycles. The number of ether oxygens (including phenoxy) is 1. The van der Waals surface area contributed by atoms with Crippen LogP contribution in [0.4, 0.5) is 0 Å². The van der Waals surface area contributed by atoms with Gasteiger partial charge < -0.3 is 10.1 Å².